The lowest BCUT2D eigenvalue weighted by molar-refractivity contribution is -0.149. The number of hydrogen-bond acceptors (Lipinski definition) is 3. The van der Waals surface area contributed by atoms with Gasteiger partial charge in [0, 0.05) is 12.8 Å². The molecule has 0 radical (unpaired) electrons. The second kappa shape index (κ2) is 36.4. The Labute approximate surface area is 279 Å². The highest BCUT2D eigenvalue weighted by Gasteiger charge is 2.14. The van der Waals surface area contributed by atoms with Crippen molar-refractivity contribution in [2.24, 2.45) is 0 Å². The Hall–Kier alpha value is -2.10. The molecule has 0 bridgehead atoms. The van der Waals surface area contributed by atoms with Crippen molar-refractivity contribution in [3.05, 3.63) is 48.6 Å². The fourth-order valence-corrected chi connectivity index (χ4v) is 5.55. The maximum Gasteiger partial charge on any atom is 0.306 e. The van der Waals surface area contributed by atoms with Crippen LogP contribution in [0, 0.1) is 0 Å². The number of rotatable bonds is 34. The van der Waals surface area contributed by atoms with Gasteiger partial charge in [-0.25, -0.2) is 0 Å². The van der Waals surface area contributed by atoms with Crippen molar-refractivity contribution in [1.29, 1.82) is 0 Å². The molecule has 0 fully saturated rings. The quantitative estimate of drug-likeness (QED) is 0.0437. The molecule has 1 N–H and O–H groups in total. The standard InChI is InChI=1S/C41H72O4/c1-3-5-7-9-11-13-15-17-19-20-22-24-27-31-35-39(36-32-28-26-29-33-37-40(42)43)45-41(44)38-34-30-25-23-21-18-16-14-12-10-8-6-4-2/h6,8,12,14,18,21,25,30,39H,3-5,7,9-11,13,15-17,19-20,22-24,26-29,31-38H2,1-2H3,(H,42,43)/b8-6-,14-12-,21-18-,30-25-. The molecule has 0 aromatic carbocycles. The van der Waals surface area contributed by atoms with Gasteiger partial charge in [0.1, 0.15) is 6.10 Å². The summed E-state index contributed by atoms with van der Waals surface area (Å²) >= 11 is 0. The monoisotopic (exact) mass is 629 g/mol. The predicted octanol–water partition coefficient (Wildman–Crippen LogP) is 13.2. The molecular weight excluding hydrogens is 556 g/mol. The van der Waals surface area contributed by atoms with E-state index in [4.69, 9.17) is 9.84 Å². The van der Waals surface area contributed by atoms with E-state index in [0.717, 1.165) is 83.5 Å². The van der Waals surface area contributed by atoms with Gasteiger partial charge in [-0.05, 0) is 64.2 Å². The molecule has 0 rings (SSSR count). The van der Waals surface area contributed by atoms with Crippen molar-refractivity contribution in [3.8, 4) is 0 Å². The van der Waals surface area contributed by atoms with Crippen molar-refractivity contribution in [2.75, 3.05) is 0 Å². The van der Waals surface area contributed by atoms with Crippen LogP contribution in [-0.2, 0) is 14.3 Å². The molecule has 0 saturated heterocycles. The summed E-state index contributed by atoms with van der Waals surface area (Å²) < 4.78 is 5.95. The molecular formula is C41H72O4. The van der Waals surface area contributed by atoms with Crippen LogP contribution in [-0.4, -0.2) is 23.1 Å². The number of aliphatic carboxylic acids is 1. The van der Waals surface area contributed by atoms with Crippen LogP contribution in [0.3, 0.4) is 0 Å². The highest BCUT2D eigenvalue weighted by molar-refractivity contribution is 5.69. The number of allylic oxidation sites excluding steroid dienone is 8. The summed E-state index contributed by atoms with van der Waals surface area (Å²) in [7, 11) is 0. The molecule has 0 amide bonds. The molecule has 0 saturated carbocycles. The largest absolute Gasteiger partial charge is 0.481 e. The third-order valence-electron chi connectivity index (χ3n) is 8.33. The second-order valence-corrected chi connectivity index (χ2v) is 12.7. The van der Waals surface area contributed by atoms with Gasteiger partial charge in [-0.15, -0.1) is 0 Å². The molecule has 260 valence electrons. The molecule has 45 heavy (non-hydrogen) atoms. The summed E-state index contributed by atoms with van der Waals surface area (Å²) in [5.41, 5.74) is 0. The van der Waals surface area contributed by atoms with E-state index in [9.17, 15) is 9.59 Å². The van der Waals surface area contributed by atoms with Crippen LogP contribution >= 0.6 is 0 Å². The van der Waals surface area contributed by atoms with Crippen molar-refractivity contribution in [1.82, 2.24) is 0 Å². The Balaban J connectivity index is 4.17. The Morgan fingerprint density at radius 1 is 0.511 bits per heavy atom. The van der Waals surface area contributed by atoms with Gasteiger partial charge in [-0.1, -0.05) is 165 Å². The summed E-state index contributed by atoms with van der Waals surface area (Å²) in [6.45, 7) is 4.43. The lowest BCUT2D eigenvalue weighted by atomic mass is 10.0. The van der Waals surface area contributed by atoms with E-state index in [1.165, 1.54) is 83.5 Å². The highest BCUT2D eigenvalue weighted by atomic mass is 16.5. The molecule has 0 aromatic heterocycles. The Morgan fingerprint density at radius 3 is 1.36 bits per heavy atom. The predicted molar refractivity (Wildman–Crippen MR) is 195 cm³/mol. The van der Waals surface area contributed by atoms with Gasteiger partial charge in [0.25, 0.3) is 0 Å². The summed E-state index contributed by atoms with van der Waals surface area (Å²) in [5.74, 6) is -0.783. The minimum atomic E-state index is -0.708. The molecule has 0 heterocycles. The van der Waals surface area contributed by atoms with Crippen LogP contribution in [0.25, 0.3) is 0 Å². The average Bonchev–Trinajstić information content (AvgIpc) is 3.02. The summed E-state index contributed by atoms with van der Waals surface area (Å²) in [6, 6.07) is 0. The van der Waals surface area contributed by atoms with Gasteiger partial charge in [-0.2, -0.15) is 0 Å². The van der Waals surface area contributed by atoms with E-state index >= 15 is 0 Å². The topological polar surface area (TPSA) is 63.6 Å². The molecule has 4 heteroatoms. The number of carbonyl (C=O) groups is 2. The number of carbonyl (C=O) groups excluding carboxylic acids is 1. The Bertz CT molecular complexity index is 763. The van der Waals surface area contributed by atoms with Crippen LogP contribution in [0.2, 0.25) is 0 Å². The summed E-state index contributed by atoms with van der Waals surface area (Å²) in [5, 5.41) is 8.81. The zero-order chi connectivity index (χ0) is 32.9. The van der Waals surface area contributed by atoms with Crippen molar-refractivity contribution >= 4 is 11.9 Å². The maximum absolute atomic E-state index is 12.6. The first-order chi connectivity index (χ1) is 22.1. The van der Waals surface area contributed by atoms with Crippen LogP contribution in [0.15, 0.2) is 48.6 Å². The van der Waals surface area contributed by atoms with Gasteiger partial charge in [0.15, 0.2) is 0 Å². The van der Waals surface area contributed by atoms with Gasteiger partial charge in [-0.3, -0.25) is 9.59 Å². The molecule has 0 aromatic rings. The lowest BCUT2D eigenvalue weighted by Gasteiger charge is -2.18. The first kappa shape index (κ1) is 42.9. The van der Waals surface area contributed by atoms with Crippen molar-refractivity contribution < 1.29 is 19.4 Å². The Morgan fingerprint density at radius 2 is 0.911 bits per heavy atom. The molecule has 1 atom stereocenters. The molecule has 0 spiro atoms. The smallest absolute Gasteiger partial charge is 0.306 e. The zero-order valence-corrected chi connectivity index (χ0v) is 29.7. The van der Waals surface area contributed by atoms with Gasteiger partial charge in [0.05, 0.1) is 0 Å². The zero-order valence-electron chi connectivity index (χ0n) is 29.7. The van der Waals surface area contributed by atoms with Gasteiger partial charge in [0.2, 0.25) is 0 Å². The number of ether oxygens (including phenoxy) is 1. The van der Waals surface area contributed by atoms with Crippen LogP contribution in [0.1, 0.15) is 194 Å². The van der Waals surface area contributed by atoms with Crippen molar-refractivity contribution in [2.45, 2.75) is 200 Å². The van der Waals surface area contributed by atoms with Crippen LogP contribution < -0.4 is 0 Å². The molecule has 0 aliphatic carbocycles. The van der Waals surface area contributed by atoms with Crippen LogP contribution in [0.4, 0.5) is 0 Å². The van der Waals surface area contributed by atoms with E-state index < -0.39 is 5.97 Å². The Kier molecular flexibility index (Phi) is 34.7. The SMILES string of the molecule is CC/C=C\C/C=C\C/C=C\C/C=C\CCC(=O)OC(CCCCCCCCCCCCCCCC)CCCCCCCC(=O)O. The minimum absolute atomic E-state index is 0.0197. The van der Waals surface area contributed by atoms with Gasteiger partial charge < -0.3 is 9.84 Å². The van der Waals surface area contributed by atoms with Crippen molar-refractivity contribution in [3.63, 3.8) is 0 Å². The fraction of sp³-hybridized carbons (Fsp3) is 0.756. The number of carboxylic acid groups (broad SMARTS) is 1. The molecule has 0 aliphatic rings. The average molecular weight is 629 g/mol. The fourth-order valence-electron chi connectivity index (χ4n) is 5.55. The lowest BCUT2D eigenvalue weighted by Crippen LogP contribution is -2.18. The maximum atomic E-state index is 12.6. The first-order valence-electron chi connectivity index (χ1n) is 19.1. The number of unbranched alkanes of at least 4 members (excludes halogenated alkanes) is 17. The van der Waals surface area contributed by atoms with E-state index in [0.29, 0.717) is 6.42 Å². The van der Waals surface area contributed by atoms with E-state index in [-0.39, 0.29) is 18.5 Å². The number of hydrogen-bond donors (Lipinski definition) is 1. The summed E-state index contributed by atoms with van der Waals surface area (Å²) in [6.07, 6.45) is 48.5. The number of carboxylic acids is 1. The van der Waals surface area contributed by atoms with Crippen LogP contribution in [0.5, 0.6) is 0 Å². The third-order valence-corrected chi connectivity index (χ3v) is 8.33. The number of esters is 1. The summed E-state index contributed by atoms with van der Waals surface area (Å²) in [4.78, 5) is 23.3. The highest BCUT2D eigenvalue weighted by Crippen LogP contribution is 2.18. The van der Waals surface area contributed by atoms with E-state index in [2.05, 4.69) is 62.5 Å². The normalized spacial score (nSPS) is 12.8. The minimum Gasteiger partial charge on any atom is -0.481 e. The molecule has 4 nitrogen and oxygen atoms in total. The third kappa shape index (κ3) is 36.2. The van der Waals surface area contributed by atoms with E-state index in [1.54, 1.807) is 0 Å². The van der Waals surface area contributed by atoms with Gasteiger partial charge >= 0.3 is 11.9 Å². The molecule has 0 aliphatic heterocycles. The second-order valence-electron chi connectivity index (χ2n) is 12.7. The first-order valence-corrected chi connectivity index (χ1v) is 19.1. The van der Waals surface area contributed by atoms with E-state index in [1.807, 2.05) is 0 Å². The molecule has 1 unspecified atom stereocenters.